The van der Waals surface area contributed by atoms with E-state index in [1.165, 1.54) is 5.56 Å². The molecule has 29 heavy (non-hydrogen) atoms. The predicted molar refractivity (Wildman–Crippen MR) is 118 cm³/mol. The number of ether oxygens (including phenoxy) is 1. The van der Waals surface area contributed by atoms with Gasteiger partial charge in [-0.1, -0.05) is 45.0 Å². The second kappa shape index (κ2) is 9.44. The maximum Gasteiger partial charge on any atom is 0.256 e. The van der Waals surface area contributed by atoms with E-state index in [-0.39, 0.29) is 11.7 Å². The monoisotopic (exact) mass is 414 g/mol. The van der Waals surface area contributed by atoms with Crippen molar-refractivity contribution in [3.05, 3.63) is 59.7 Å². The highest BCUT2D eigenvalue weighted by Crippen LogP contribution is 2.33. The molecule has 2 aromatic rings. The van der Waals surface area contributed by atoms with Crippen molar-refractivity contribution < 1.29 is 13.2 Å². The quantitative estimate of drug-likeness (QED) is 0.707. The van der Waals surface area contributed by atoms with Crippen LogP contribution in [0, 0.1) is 0 Å². The van der Waals surface area contributed by atoms with Crippen molar-refractivity contribution in [2.45, 2.75) is 46.0 Å². The number of fused-ring (bicyclic) bond motifs is 1. The van der Waals surface area contributed by atoms with Gasteiger partial charge >= 0.3 is 0 Å². The van der Waals surface area contributed by atoms with Crippen LogP contribution in [-0.2, 0) is 16.4 Å². The molecule has 0 unspecified atom stereocenters. The van der Waals surface area contributed by atoms with Gasteiger partial charge < -0.3 is 9.64 Å². The summed E-state index contributed by atoms with van der Waals surface area (Å²) in [6.07, 6.45) is 2.97. The van der Waals surface area contributed by atoms with Crippen LogP contribution in [0.4, 0.5) is 0 Å². The summed E-state index contributed by atoms with van der Waals surface area (Å²) in [6.45, 7) is 7.56. The van der Waals surface area contributed by atoms with Crippen LogP contribution in [0.15, 0.2) is 52.9 Å². The molecule has 1 saturated heterocycles. The molecule has 6 heteroatoms. The summed E-state index contributed by atoms with van der Waals surface area (Å²) in [5.74, 6) is 2.44. The summed E-state index contributed by atoms with van der Waals surface area (Å²) in [4.78, 5) is 2.12. The molecule has 0 saturated carbocycles. The smallest absolute Gasteiger partial charge is 0.256 e. The third kappa shape index (κ3) is 5.18. The Bertz CT molecular complexity index is 935. The number of hydrogen-bond acceptors (Lipinski definition) is 4. The van der Waals surface area contributed by atoms with Crippen LogP contribution in [0.25, 0.3) is 0 Å². The predicted octanol–water partition coefficient (Wildman–Crippen LogP) is 4.99. The van der Waals surface area contributed by atoms with Crippen LogP contribution in [0.5, 0.6) is 11.5 Å². The minimum absolute atomic E-state index is 0.0340. The molecular formula is C23H30N2O3S. The van der Waals surface area contributed by atoms with Crippen molar-refractivity contribution in [2.75, 3.05) is 18.8 Å². The maximum absolute atomic E-state index is 12.0. The average molecular weight is 415 g/mol. The number of piperidine rings is 1. The van der Waals surface area contributed by atoms with E-state index in [0.29, 0.717) is 12.4 Å². The van der Waals surface area contributed by atoms with Gasteiger partial charge in [0.1, 0.15) is 17.3 Å². The van der Waals surface area contributed by atoms with E-state index in [0.717, 1.165) is 42.9 Å². The van der Waals surface area contributed by atoms with Crippen LogP contribution in [0.2, 0.25) is 0 Å². The maximum atomic E-state index is 12.0. The number of nitrogens with zero attached hydrogens (tertiary/aromatic N) is 2. The van der Waals surface area contributed by atoms with Crippen molar-refractivity contribution in [1.82, 2.24) is 4.90 Å². The molecule has 2 aliphatic rings. The first-order valence-electron chi connectivity index (χ1n) is 10.5. The van der Waals surface area contributed by atoms with E-state index in [4.69, 9.17) is 4.74 Å². The number of benzene rings is 2. The lowest BCUT2D eigenvalue weighted by atomic mass is 9.89. The summed E-state index contributed by atoms with van der Waals surface area (Å²) in [5, 5.41) is 0. The molecule has 156 valence electrons. The molecule has 2 aromatic carbocycles. The van der Waals surface area contributed by atoms with Gasteiger partial charge in [-0.25, -0.2) is 8.42 Å². The second-order valence-corrected chi connectivity index (χ2v) is 8.84. The Kier molecular flexibility index (Phi) is 6.96. The third-order valence-corrected chi connectivity index (χ3v) is 6.42. The lowest BCUT2D eigenvalue weighted by molar-refractivity contribution is 0.366. The first kappa shape index (κ1) is 21.4. The van der Waals surface area contributed by atoms with Gasteiger partial charge in [-0.15, -0.1) is 4.40 Å². The molecule has 0 aliphatic carbocycles. The Morgan fingerprint density at radius 1 is 1.00 bits per heavy atom. The van der Waals surface area contributed by atoms with E-state index in [1.54, 1.807) is 0 Å². The molecule has 0 amide bonds. The number of amidine groups is 1. The number of rotatable bonds is 4. The molecule has 1 atom stereocenters. The molecule has 0 spiro atoms. The van der Waals surface area contributed by atoms with Gasteiger partial charge in [0.2, 0.25) is 0 Å². The Labute approximate surface area is 174 Å². The van der Waals surface area contributed by atoms with Crippen LogP contribution in [-0.4, -0.2) is 38.0 Å². The highest BCUT2D eigenvalue weighted by atomic mass is 32.2. The Hall–Kier alpha value is -2.34. The van der Waals surface area contributed by atoms with Crippen LogP contribution in [0.3, 0.4) is 0 Å². The Morgan fingerprint density at radius 2 is 1.62 bits per heavy atom. The zero-order chi connectivity index (χ0) is 20.9. The third-order valence-electron chi connectivity index (χ3n) is 5.26. The molecule has 0 aromatic heterocycles. The minimum Gasteiger partial charge on any atom is -0.457 e. The van der Waals surface area contributed by atoms with E-state index in [2.05, 4.69) is 28.4 Å². The van der Waals surface area contributed by atoms with E-state index in [9.17, 15) is 8.42 Å². The van der Waals surface area contributed by atoms with Crippen molar-refractivity contribution in [2.24, 2.45) is 4.40 Å². The molecule has 4 rings (SSSR count). The van der Waals surface area contributed by atoms with Gasteiger partial charge in [0.05, 0.1) is 5.75 Å². The first-order chi connectivity index (χ1) is 14.0. The molecule has 2 heterocycles. The van der Waals surface area contributed by atoms with Gasteiger partial charge in [-0.2, -0.15) is 0 Å². The fraction of sp³-hybridized carbons (Fsp3) is 0.435. The molecule has 2 aliphatic heterocycles. The van der Waals surface area contributed by atoms with Crippen LogP contribution < -0.4 is 4.74 Å². The van der Waals surface area contributed by atoms with Crippen molar-refractivity contribution in [3.63, 3.8) is 0 Å². The average Bonchev–Trinajstić information content (AvgIpc) is 2.75. The summed E-state index contributed by atoms with van der Waals surface area (Å²) in [6, 6.07) is 16.0. The normalized spacial score (nSPS) is 20.0. The van der Waals surface area contributed by atoms with E-state index < -0.39 is 10.0 Å². The standard InChI is InChI=1S/C21H24N2O3S.C2H6/c1-2-16-5-9-18(10-6-16)26-19-11-7-17(8-12-19)20-4-3-13-23-14-15-27(24,25)22-21(20)23;1-2/h5-12,20H,2-4,13-15H2,1H3;1-2H3/t20-;/m0./s1. The molecule has 0 N–H and O–H groups in total. The first-order valence-corrected chi connectivity index (χ1v) is 12.1. The minimum atomic E-state index is -3.33. The SMILES string of the molecule is CC.CCc1ccc(Oc2ccc([C@@H]3CCCN4CCS(=O)(=O)N=C34)cc2)cc1. The summed E-state index contributed by atoms with van der Waals surface area (Å²) >= 11 is 0. The number of aryl methyl sites for hydroxylation is 1. The van der Waals surface area contributed by atoms with Crippen molar-refractivity contribution in [1.29, 1.82) is 0 Å². The fourth-order valence-corrected chi connectivity index (χ4v) is 4.80. The largest absolute Gasteiger partial charge is 0.457 e. The zero-order valence-electron chi connectivity index (χ0n) is 17.5. The Morgan fingerprint density at radius 3 is 2.24 bits per heavy atom. The lowest BCUT2D eigenvalue weighted by Gasteiger charge is -2.37. The summed E-state index contributed by atoms with van der Waals surface area (Å²) < 4.78 is 33.9. The highest BCUT2D eigenvalue weighted by molar-refractivity contribution is 7.90. The molecule has 0 bridgehead atoms. The van der Waals surface area contributed by atoms with Gasteiger partial charge in [0.25, 0.3) is 10.0 Å². The second-order valence-electron chi connectivity index (χ2n) is 7.09. The van der Waals surface area contributed by atoms with Crippen molar-refractivity contribution >= 4 is 15.9 Å². The highest BCUT2D eigenvalue weighted by Gasteiger charge is 2.33. The number of sulfonamides is 1. The van der Waals surface area contributed by atoms with Crippen LogP contribution >= 0.6 is 0 Å². The van der Waals surface area contributed by atoms with Gasteiger partial charge in [-0.05, 0) is 54.7 Å². The molecule has 1 fully saturated rings. The van der Waals surface area contributed by atoms with Crippen LogP contribution in [0.1, 0.15) is 50.7 Å². The van der Waals surface area contributed by atoms with E-state index in [1.807, 2.05) is 50.2 Å². The van der Waals surface area contributed by atoms with Gasteiger partial charge in [0.15, 0.2) is 0 Å². The fourth-order valence-electron chi connectivity index (χ4n) is 3.72. The summed E-state index contributed by atoms with van der Waals surface area (Å²) in [7, 11) is -3.33. The molecule has 5 nitrogen and oxygen atoms in total. The van der Waals surface area contributed by atoms with E-state index >= 15 is 0 Å². The van der Waals surface area contributed by atoms with Gasteiger partial charge in [0, 0.05) is 19.0 Å². The Balaban J connectivity index is 0.00000117. The summed E-state index contributed by atoms with van der Waals surface area (Å²) in [5.41, 5.74) is 2.37. The number of hydrogen-bond donors (Lipinski definition) is 0. The van der Waals surface area contributed by atoms with Crippen molar-refractivity contribution in [3.8, 4) is 11.5 Å². The van der Waals surface area contributed by atoms with Gasteiger partial charge in [-0.3, -0.25) is 0 Å². The molecule has 0 radical (unpaired) electrons. The lowest BCUT2D eigenvalue weighted by Crippen LogP contribution is -2.46. The topological polar surface area (TPSA) is 59.0 Å². The molecular weight excluding hydrogens is 384 g/mol. The zero-order valence-corrected chi connectivity index (χ0v) is 18.3.